The number of carbonyl (C=O) groups is 2. The summed E-state index contributed by atoms with van der Waals surface area (Å²) in [5.41, 5.74) is 2.71. The number of likely N-dealkylation sites (tertiary alicyclic amines) is 3. The second-order valence-corrected chi connectivity index (χ2v) is 12.6. The molecule has 2 amide bonds. The molecule has 8 nitrogen and oxygen atoms in total. The van der Waals surface area contributed by atoms with Crippen molar-refractivity contribution >= 4 is 41.0 Å². The SMILES string of the molecule is COC(=O)N1CCC(N2CCC(Cc3c(Cl)cc(-c4ccc(C(=O)N5CCC(C(F)(F)F)CC5)cc4)cc3Cl)C2=NC#N)CC1. The highest BCUT2D eigenvalue weighted by Crippen LogP contribution is 2.37. The van der Waals surface area contributed by atoms with Crippen molar-refractivity contribution in [2.45, 2.75) is 50.7 Å². The third-order valence-electron chi connectivity index (χ3n) is 9.18. The lowest BCUT2D eigenvalue weighted by Gasteiger charge is -2.37. The van der Waals surface area contributed by atoms with E-state index in [0.29, 0.717) is 41.0 Å². The molecular formula is C32H34Cl2F3N5O3. The fourth-order valence-electron chi connectivity index (χ4n) is 6.64. The molecule has 2 aromatic carbocycles. The van der Waals surface area contributed by atoms with Crippen LogP contribution in [0.1, 0.15) is 48.0 Å². The smallest absolute Gasteiger partial charge is 0.409 e. The van der Waals surface area contributed by atoms with Gasteiger partial charge >= 0.3 is 12.3 Å². The van der Waals surface area contributed by atoms with E-state index in [4.69, 9.17) is 27.9 Å². The molecule has 3 saturated heterocycles. The number of benzene rings is 2. The van der Waals surface area contributed by atoms with Crippen molar-refractivity contribution in [3.63, 3.8) is 0 Å². The molecule has 1 unspecified atom stereocenters. The van der Waals surface area contributed by atoms with Crippen LogP contribution < -0.4 is 0 Å². The molecule has 13 heteroatoms. The summed E-state index contributed by atoms with van der Waals surface area (Å²) in [6, 6.07) is 10.7. The quantitative estimate of drug-likeness (QED) is 0.320. The molecule has 3 aliphatic rings. The molecular weight excluding hydrogens is 630 g/mol. The Kier molecular flexibility index (Phi) is 10.1. The highest BCUT2D eigenvalue weighted by molar-refractivity contribution is 6.36. The van der Waals surface area contributed by atoms with Gasteiger partial charge in [0.25, 0.3) is 5.91 Å². The van der Waals surface area contributed by atoms with E-state index >= 15 is 0 Å². The van der Waals surface area contributed by atoms with Crippen molar-refractivity contribution in [2.75, 3.05) is 39.8 Å². The fraction of sp³-hybridized carbons (Fsp3) is 0.500. The van der Waals surface area contributed by atoms with Gasteiger partial charge < -0.3 is 19.4 Å². The lowest BCUT2D eigenvalue weighted by Crippen LogP contribution is -2.47. The van der Waals surface area contributed by atoms with Crippen LogP contribution in [0, 0.1) is 23.3 Å². The van der Waals surface area contributed by atoms with Gasteiger partial charge in [-0.05, 0) is 79.5 Å². The molecule has 0 radical (unpaired) electrons. The molecule has 45 heavy (non-hydrogen) atoms. The lowest BCUT2D eigenvalue weighted by atomic mass is 9.94. The molecule has 0 spiro atoms. The Morgan fingerprint density at radius 2 is 1.53 bits per heavy atom. The normalized spacial score (nSPS) is 20.9. The van der Waals surface area contributed by atoms with Gasteiger partial charge in [0, 0.05) is 60.3 Å². The number of hydrogen-bond donors (Lipinski definition) is 0. The first kappa shape index (κ1) is 32.9. The van der Waals surface area contributed by atoms with Crippen LogP contribution in [-0.2, 0) is 11.2 Å². The summed E-state index contributed by atoms with van der Waals surface area (Å²) in [4.78, 5) is 34.3. The van der Waals surface area contributed by atoms with Crippen molar-refractivity contribution in [2.24, 2.45) is 16.8 Å². The molecule has 3 fully saturated rings. The molecule has 3 heterocycles. The minimum atomic E-state index is -4.23. The van der Waals surface area contributed by atoms with Crippen LogP contribution in [0.3, 0.4) is 0 Å². The van der Waals surface area contributed by atoms with Gasteiger partial charge in [-0.15, -0.1) is 0 Å². The molecule has 0 aromatic heterocycles. The second kappa shape index (κ2) is 13.9. The van der Waals surface area contributed by atoms with Crippen LogP contribution in [0.25, 0.3) is 11.1 Å². The predicted molar refractivity (Wildman–Crippen MR) is 165 cm³/mol. The Hall–Kier alpha value is -3.49. The van der Waals surface area contributed by atoms with Crippen molar-refractivity contribution in [1.82, 2.24) is 14.7 Å². The zero-order valence-corrected chi connectivity index (χ0v) is 26.3. The first-order chi connectivity index (χ1) is 21.5. The Balaban J connectivity index is 1.24. The highest BCUT2D eigenvalue weighted by atomic mass is 35.5. The maximum atomic E-state index is 13.0. The number of piperidine rings is 2. The predicted octanol–water partition coefficient (Wildman–Crippen LogP) is 7.05. The van der Waals surface area contributed by atoms with E-state index in [-0.39, 0.29) is 49.9 Å². The summed E-state index contributed by atoms with van der Waals surface area (Å²) in [5, 5.41) is 10.4. The monoisotopic (exact) mass is 663 g/mol. The molecule has 240 valence electrons. The van der Waals surface area contributed by atoms with Gasteiger partial charge in [-0.1, -0.05) is 35.3 Å². The number of hydrogen-bond acceptors (Lipinski definition) is 5. The lowest BCUT2D eigenvalue weighted by molar-refractivity contribution is -0.183. The molecule has 5 rings (SSSR count). The zero-order valence-electron chi connectivity index (χ0n) is 24.8. The largest absolute Gasteiger partial charge is 0.453 e. The molecule has 0 aliphatic carbocycles. The topological polar surface area (TPSA) is 89.2 Å². The van der Waals surface area contributed by atoms with Crippen LogP contribution in [0.15, 0.2) is 41.4 Å². The standard InChI is InChI=1S/C32H34Cl2F3N5O3/c1-45-31(44)41-13-9-25(10-14-41)42-15-6-22(29(42)39-19-38)16-26-27(33)17-23(18-28(26)34)20-2-4-21(5-3-20)30(43)40-11-7-24(8-12-40)32(35,36)37/h2-5,17-18,22,24-25H,6-16H2,1H3. The maximum absolute atomic E-state index is 13.0. The van der Waals surface area contributed by atoms with Crippen LogP contribution in [0.2, 0.25) is 10.0 Å². The first-order valence-electron chi connectivity index (χ1n) is 15.0. The van der Waals surface area contributed by atoms with E-state index in [1.54, 1.807) is 29.2 Å². The summed E-state index contributed by atoms with van der Waals surface area (Å²) < 4.78 is 43.8. The average molecular weight is 665 g/mol. The molecule has 1 atom stereocenters. The third-order valence-corrected chi connectivity index (χ3v) is 9.86. The number of nitrogens with zero attached hydrogens (tertiary/aromatic N) is 5. The second-order valence-electron chi connectivity index (χ2n) is 11.7. The Bertz CT molecular complexity index is 1460. The van der Waals surface area contributed by atoms with E-state index in [1.807, 2.05) is 18.3 Å². The minimum Gasteiger partial charge on any atom is -0.453 e. The van der Waals surface area contributed by atoms with Crippen LogP contribution in [0.4, 0.5) is 18.0 Å². The number of alkyl halides is 3. The van der Waals surface area contributed by atoms with Crippen LogP contribution in [-0.4, -0.2) is 84.6 Å². The van der Waals surface area contributed by atoms with Gasteiger partial charge in [0.05, 0.1) is 13.0 Å². The summed E-state index contributed by atoms with van der Waals surface area (Å²) >= 11 is 13.5. The number of rotatable bonds is 5. The van der Waals surface area contributed by atoms with Crippen molar-refractivity contribution < 1.29 is 27.5 Å². The molecule has 0 N–H and O–H groups in total. The molecule has 0 bridgehead atoms. The zero-order chi connectivity index (χ0) is 32.3. The van der Waals surface area contributed by atoms with Gasteiger partial charge in [-0.25, -0.2) is 4.79 Å². The fourth-order valence-corrected chi connectivity index (χ4v) is 7.28. The van der Waals surface area contributed by atoms with Crippen molar-refractivity contribution in [1.29, 1.82) is 5.26 Å². The number of halogens is 5. The van der Waals surface area contributed by atoms with Crippen LogP contribution >= 0.6 is 23.2 Å². The average Bonchev–Trinajstić information content (AvgIpc) is 3.43. The number of nitriles is 1. The number of aliphatic imine (C=N–C) groups is 1. The Morgan fingerprint density at radius 1 is 0.933 bits per heavy atom. The van der Waals surface area contributed by atoms with E-state index in [9.17, 15) is 28.0 Å². The molecule has 0 saturated carbocycles. The number of ether oxygens (including phenoxy) is 1. The van der Waals surface area contributed by atoms with Crippen LogP contribution in [0.5, 0.6) is 0 Å². The van der Waals surface area contributed by atoms with E-state index in [2.05, 4.69) is 9.89 Å². The Morgan fingerprint density at radius 3 is 2.09 bits per heavy atom. The summed E-state index contributed by atoms with van der Waals surface area (Å²) in [5.74, 6) is -0.983. The summed E-state index contributed by atoms with van der Waals surface area (Å²) in [6.45, 7) is 2.05. The van der Waals surface area contributed by atoms with Crippen molar-refractivity contribution in [3.05, 3.63) is 57.6 Å². The number of amides is 2. The van der Waals surface area contributed by atoms with E-state index < -0.39 is 12.1 Å². The Labute approximate surface area is 270 Å². The van der Waals surface area contributed by atoms with E-state index in [1.165, 1.54) is 12.0 Å². The minimum absolute atomic E-state index is 0.0457. The third kappa shape index (κ3) is 7.33. The van der Waals surface area contributed by atoms with Gasteiger partial charge in [0.15, 0.2) is 0 Å². The molecule has 3 aliphatic heterocycles. The summed E-state index contributed by atoms with van der Waals surface area (Å²) in [7, 11) is 1.37. The number of methoxy groups -OCH3 is 1. The highest BCUT2D eigenvalue weighted by Gasteiger charge is 2.42. The van der Waals surface area contributed by atoms with Gasteiger partial charge in [0.1, 0.15) is 5.84 Å². The molecule has 2 aromatic rings. The van der Waals surface area contributed by atoms with Gasteiger partial charge in [-0.3, -0.25) is 4.79 Å². The van der Waals surface area contributed by atoms with E-state index in [0.717, 1.165) is 42.5 Å². The number of amidine groups is 1. The van der Waals surface area contributed by atoms with Crippen molar-refractivity contribution in [3.8, 4) is 17.3 Å². The van der Waals surface area contributed by atoms with Gasteiger partial charge in [-0.2, -0.15) is 23.4 Å². The number of carbonyl (C=O) groups excluding carboxylic acids is 2. The maximum Gasteiger partial charge on any atom is 0.409 e. The summed E-state index contributed by atoms with van der Waals surface area (Å²) in [6.07, 6.45) is 0.0168. The first-order valence-corrected chi connectivity index (χ1v) is 15.8. The van der Waals surface area contributed by atoms with Gasteiger partial charge in [0.2, 0.25) is 6.19 Å².